The first kappa shape index (κ1) is 16.1. The maximum atomic E-state index is 12.0. The molecule has 0 aromatic carbocycles. The van der Waals surface area contributed by atoms with E-state index in [1.165, 1.54) is 25.4 Å². The summed E-state index contributed by atoms with van der Waals surface area (Å²) in [6.45, 7) is 6.28. The van der Waals surface area contributed by atoms with E-state index in [4.69, 9.17) is 0 Å². The molecule has 1 N–H and O–H groups in total. The van der Waals surface area contributed by atoms with Crippen LogP contribution in [-0.4, -0.2) is 30.0 Å². The topological polar surface area (TPSA) is 68.3 Å². The molecule has 0 aliphatic rings. The number of pyridine rings is 1. The van der Waals surface area contributed by atoms with Crippen molar-refractivity contribution < 1.29 is 14.3 Å². The number of esters is 1. The van der Waals surface area contributed by atoms with Gasteiger partial charge in [0.1, 0.15) is 5.69 Å². The molecule has 20 heavy (non-hydrogen) atoms. The number of aromatic nitrogens is 1. The largest absolute Gasteiger partial charge is 0.465 e. The Hall–Kier alpha value is -1.91. The molecule has 5 nitrogen and oxygen atoms in total. The fourth-order valence-electron chi connectivity index (χ4n) is 1.72. The minimum Gasteiger partial charge on any atom is -0.465 e. The van der Waals surface area contributed by atoms with Gasteiger partial charge in [-0.3, -0.25) is 9.78 Å². The van der Waals surface area contributed by atoms with Crippen LogP contribution in [0.25, 0.3) is 0 Å². The second-order valence-corrected chi connectivity index (χ2v) is 5.27. The van der Waals surface area contributed by atoms with Gasteiger partial charge in [0, 0.05) is 12.2 Å². The first-order valence-corrected chi connectivity index (χ1v) is 6.79. The van der Waals surface area contributed by atoms with Crippen molar-refractivity contribution in [3.8, 4) is 0 Å². The Labute approximate surface area is 119 Å². The Balaban J connectivity index is 2.57. The summed E-state index contributed by atoms with van der Waals surface area (Å²) in [7, 11) is 1.30. The fourth-order valence-corrected chi connectivity index (χ4v) is 1.72. The lowest BCUT2D eigenvalue weighted by Crippen LogP contribution is -2.33. The van der Waals surface area contributed by atoms with E-state index < -0.39 is 5.97 Å². The van der Waals surface area contributed by atoms with Gasteiger partial charge in [-0.25, -0.2) is 4.79 Å². The van der Waals surface area contributed by atoms with E-state index in [1.807, 2.05) is 6.92 Å². The number of amides is 1. The standard InChI is InChI=1S/C15H22N2O3/c1-10(2)5-6-11(3)17-14(18)13-8-7-12(9-16-13)15(19)20-4/h7-11H,5-6H2,1-4H3,(H,17,18). The molecule has 0 aliphatic heterocycles. The predicted octanol–water partition coefficient (Wildman–Crippen LogP) is 2.42. The molecule has 1 aromatic heterocycles. The van der Waals surface area contributed by atoms with Gasteiger partial charge in [-0.05, 0) is 37.8 Å². The monoisotopic (exact) mass is 278 g/mol. The van der Waals surface area contributed by atoms with Crippen molar-refractivity contribution in [3.05, 3.63) is 29.6 Å². The first-order valence-electron chi connectivity index (χ1n) is 6.79. The van der Waals surface area contributed by atoms with Crippen molar-refractivity contribution in [1.82, 2.24) is 10.3 Å². The summed E-state index contributed by atoms with van der Waals surface area (Å²) >= 11 is 0. The lowest BCUT2D eigenvalue weighted by atomic mass is 10.0. The molecule has 0 saturated carbocycles. The Morgan fingerprint density at radius 1 is 1.25 bits per heavy atom. The zero-order valence-electron chi connectivity index (χ0n) is 12.5. The van der Waals surface area contributed by atoms with Crippen LogP contribution in [0.4, 0.5) is 0 Å². The molecule has 1 unspecified atom stereocenters. The minimum atomic E-state index is -0.463. The summed E-state index contributed by atoms with van der Waals surface area (Å²) in [4.78, 5) is 27.2. The summed E-state index contributed by atoms with van der Waals surface area (Å²) in [5.41, 5.74) is 0.631. The van der Waals surface area contributed by atoms with Crippen LogP contribution in [0, 0.1) is 5.92 Å². The smallest absolute Gasteiger partial charge is 0.339 e. The molecule has 1 aromatic rings. The number of carbonyl (C=O) groups is 2. The molecule has 1 heterocycles. The van der Waals surface area contributed by atoms with E-state index in [-0.39, 0.29) is 11.9 Å². The van der Waals surface area contributed by atoms with E-state index in [0.29, 0.717) is 17.2 Å². The van der Waals surface area contributed by atoms with Crippen molar-refractivity contribution in [2.24, 2.45) is 5.92 Å². The SMILES string of the molecule is COC(=O)c1ccc(C(=O)NC(C)CCC(C)C)nc1. The summed E-state index contributed by atoms with van der Waals surface area (Å²) in [6.07, 6.45) is 3.35. The molecule has 1 atom stereocenters. The van der Waals surface area contributed by atoms with Crippen molar-refractivity contribution in [2.45, 2.75) is 39.7 Å². The molecule has 0 fully saturated rings. The Kier molecular flexibility index (Phi) is 6.15. The van der Waals surface area contributed by atoms with Gasteiger partial charge in [-0.15, -0.1) is 0 Å². The van der Waals surface area contributed by atoms with Gasteiger partial charge in [-0.2, -0.15) is 0 Å². The molecule has 1 amide bonds. The van der Waals surface area contributed by atoms with Gasteiger partial charge in [-0.1, -0.05) is 13.8 Å². The average molecular weight is 278 g/mol. The van der Waals surface area contributed by atoms with E-state index in [2.05, 4.69) is 28.9 Å². The summed E-state index contributed by atoms with van der Waals surface area (Å²) in [5.74, 6) is -0.0701. The average Bonchev–Trinajstić information content (AvgIpc) is 2.44. The second-order valence-electron chi connectivity index (χ2n) is 5.27. The summed E-state index contributed by atoms with van der Waals surface area (Å²) < 4.78 is 4.58. The zero-order valence-corrected chi connectivity index (χ0v) is 12.5. The molecular formula is C15H22N2O3. The van der Waals surface area contributed by atoms with Crippen LogP contribution < -0.4 is 5.32 Å². The van der Waals surface area contributed by atoms with Crippen LogP contribution >= 0.6 is 0 Å². The highest BCUT2D eigenvalue weighted by atomic mass is 16.5. The van der Waals surface area contributed by atoms with E-state index >= 15 is 0 Å². The number of rotatable bonds is 6. The van der Waals surface area contributed by atoms with Crippen LogP contribution in [0.15, 0.2) is 18.3 Å². The van der Waals surface area contributed by atoms with Crippen molar-refractivity contribution >= 4 is 11.9 Å². The van der Waals surface area contributed by atoms with Crippen molar-refractivity contribution in [3.63, 3.8) is 0 Å². The zero-order chi connectivity index (χ0) is 15.1. The third-order valence-electron chi connectivity index (χ3n) is 2.97. The fraction of sp³-hybridized carbons (Fsp3) is 0.533. The van der Waals surface area contributed by atoms with Crippen molar-refractivity contribution in [2.75, 3.05) is 7.11 Å². The molecule has 0 radical (unpaired) electrons. The molecule has 0 saturated heterocycles. The number of hydrogen-bond acceptors (Lipinski definition) is 4. The third-order valence-corrected chi connectivity index (χ3v) is 2.97. The first-order chi connectivity index (χ1) is 9.43. The minimum absolute atomic E-state index is 0.104. The number of methoxy groups -OCH3 is 1. The van der Waals surface area contributed by atoms with Gasteiger partial charge in [0.2, 0.25) is 0 Å². The normalized spacial score (nSPS) is 12.1. The molecule has 0 aliphatic carbocycles. The summed E-state index contributed by atoms with van der Waals surface area (Å²) in [6, 6.07) is 3.16. The van der Waals surface area contributed by atoms with Gasteiger partial charge < -0.3 is 10.1 Å². The Morgan fingerprint density at radius 2 is 1.95 bits per heavy atom. The van der Waals surface area contributed by atoms with E-state index in [9.17, 15) is 9.59 Å². The molecule has 1 rings (SSSR count). The van der Waals surface area contributed by atoms with Crippen LogP contribution in [0.1, 0.15) is 54.5 Å². The third kappa shape index (κ3) is 4.99. The highest BCUT2D eigenvalue weighted by Gasteiger charge is 2.13. The number of hydrogen-bond donors (Lipinski definition) is 1. The maximum Gasteiger partial charge on any atom is 0.339 e. The van der Waals surface area contributed by atoms with E-state index in [1.54, 1.807) is 0 Å². The number of ether oxygens (including phenoxy) is 1. The number of carbonyl (C=O) groups excluding carboxylic acids is 2. The lowest BCUT2D eigenvalue weighted by molar-refractivity contribution is 0.0599. The van der Waals surface area contributed by atoms with Gasteiger partial charge >= 0.3 is 5.97 Å². The number of nitrogens with zero attached hydrogens (tertiary/aromatic N) is 1. The van der Waals surface area contributed by atoms with Crippen molar-refractivity contribution in [1.29, 1.82) is 0 Å². The highest BCUT2D eigenvalue weighted by molar-refractivity contribution is 5.94. The second kappa shape index (κ2) is 7.62. The Bertz CT molecular complexity index is 455. The molecule has 5 heteroatoms. The highest BCUT2D eigenvalue weighted by Crippen LogP contribution is 2.07. The molecule has 0 bridgehead atoms. The predicted molar refractivity (Wildman–Crippen MR) is 76.6 cm³/mol. The van der Waals surface area contributed by atoms with Crippen LogP contribution in [0.2, 0.25) is 0 Å². The Morgan fingerprint density at radius 3 is 2.45 bits per heavy atom. The summed E-state index contributed by atoms with van der Waals surface area (Å²) in [5, 5.41) is 2.90. The van der Waals surface area contributed by atoms with Gasteiger partial charge in [0.25, 0.3) is 5.91 Å². The number of nitrogens with one attached hydrogen (secondary N) is 1. The quantitative estimate of drug-likeness (QED) is 0.811. The van der Waals surface area contributed by atoms with Crippen LogP contribution in [0.3, 0.4) is 0 Å². The molecule has 0 spiro atoms. The van der Waals surface area contributed by atoms with Crippen LogP contribution in [0.5, 0.6) is 0 Å². The lowest BCUT2D eigenvalue weighted by Gasteiger charge is -2.14. The van der Waals surface area contributed by atoms with Gasteiger partial charge in [0.15, 0.2) is 0 Å². The van der Waals surface area contributed by atoms with Crippen LogP contribution in [-0.2, 0) is 4.74 Å². The maximum absolute atomic E-state index is 12.0. The van der Waals surface area contributed by atoms with Gasteiger partial charge in [0.05, 0.1) is 12.7 Å². The van der Waals surface area contributed by atoms with E-state index in [0.717, 1.165) is 12.8 Å². The molecular weight excluding hydrogens is 256 g/mol. The molecule has 110 valence electrons.